The number of carbonyl (C=O) groups excluding carboxylic acids is 1. The lowest BCUT2D eigenvalue weighted by Crippen LogP contribution is -2.46. The van der Waals surface area contributed by atoms with E-state index in [-0.39, 0.29) is 29.9 Å². The Bertz CT molecular complexity index is 664. The van der Waals surface area contributed by atoms with Crippen LogP contribution in [-0.4, -0.2) is 63.3 Å². The summed E-state index contributed by atoms with van der Waals surface area (Å²) in [4.78, 5) is 18.8. The number of amides is 1. The van der Waals surface area contributed by atoms with E-state index in [1.807, 2.05) is 6.92 Å². The van der Waals surface area contributed by atoms with Crippen molar-refractivity contribution in [3.05, 3.63) is 35.4 Å². The van der Waals surface area contributed by atoms with Gasteiger partial charge in [-0.25, -0.2) is 4.99 Å². The average Bonchev–Trinajstić information content (AvgIpc) is 2.77. The second-order valence-electron chi connectivity index (χ2n) is 7.55. The summed E-state index contributed by atoms with van der Waals surface area (Å²) in [7, 11) is 1.70. The Balaban J connectivity index is 0.00000480. The summed E-state index contributed by atoms with van der Waals surface area (Å²) in [6.45, 7) is 9.95. The second kappa shape index (κ2) is 16.3. The number of rotatable bonds is 11. The lowest BCUT2D eigenvalue weighted by molar-refractivity contribution is -0.121. The number of nitrogens with one attached hydrogen (secondary N) is 2. The molecule has 31 heavy (non-hydrogen) atoms. The van der Waals surface area contributed by atoms with Crippen molar-refractivity contribution in [2.45, 2.75) is 46.3 Å². The van der Waals surface area contributed by atoms with Gasteiger partial charge in [-0.1, -0.05) is 24.3 Å². The van der Waals surface area contributed by atoms with Crippen LogP contribution in [0.4, 0.5) is 0 Å². The van der Waals surface area contributed by atoms with Gasteiger partial charge in [0.1, 0.15) is 0 Å². The number of benzene rings is 1. The SMILES string of the molecule is CCNC(=NCc1cccc(COCCOCC)c1)N1CCC(CC(=O)NC)CC1.I. The number of guanidine groups is 1. The first-order valence-corrected chi connectivity index (χ1v) is 11.1. The van der Waals surface area contributed by atoms with Crippen LogP contribution in [0, 0.1) is 5.92 Å². The highest BCUT2D eigenvalue weighted by molar-refractivity contribution is 14.0. The molecule has 176 valence electrons. The zero-order valence-electron chi connectivity index (χ0n) is 19.2. The molecule has 1 fully saturated rings. The van der Waals surface area contributed by atoms with Crippen molar-refractivity contribution >= 4 is 35.8 Å². The fourth-order valence-electron chi connectivity index (χ4n) is 3.58. The monoisotopic (exact) mass is 546 g/mol. The number of piperidine rings is 1. The molecular weight excluding hydrogens is 507 g/mol. The molecule has 0 bridgehead atoms. The first-order valence-electron chi connectivity index (χ1n) is 11.1. The topological polar surface area (TPSA) is 75.2 Å². The molecule has 1 aliphatic rings. The van der Waals surface area contributed by atoms with Gasteiger partial charge in [0.2, 0.25) is 5.91 Å². The molecular formula is C23H39IN4O3. The molecule has 7 nitrogen and oxygen atoms in total. The first-order chi connectivity index (χ1) is 14.7. The smallest absolute Gasteiger partial charge is 0.220 e. The van der Waals surface area contributed by atoms with E-state index in [1.54, 1.807) is 7.05 Å². The van der Waals surface area contributed by atoms with E-state index in [1.165, 1.54) is 5.56 Å². The number of carbonyl (C=O) groups is 1. The quantitative estimate of drug-likeness (QED) is 0.193. The maximum atomic E-state index is 11.6. The van der Waals surface area contributed by atoms with Crippen LogP contribution in [-0.2, 0) is 27.4 Å². The van der Waals surface area contributed by atoms with Gasteiger partial charge < -0.3 is 25.0 Å². The van der Waals surface area contributed by atoms with E-state index >= 15 is 0 Å². The number of nitrogens with zero attached hydrogens (tertiary/aromatic N) is 2. The van der Waals surface area contributed by atoms with Crippen LogP contribution in [0.1, 0.15) is 44.2 Å². The highest BCUT2D eigenvalue weighted by atomic mass is 127. The molecule has 0 saturated carbocycles. The van der Waals surface area contributed by atoms with Crippen LogP contribution in [0.2, 0.25) is 0 Å². The van der Waals surface area contributed by atoms with Gasteiger partial charge >= 0.3 is 0 Å². The Labute approximate surface area is 204 Å². The summed E-state index contributed by atoms with van der Waals surface area (Å²) < 4.78 is 11.0. The largest absolute Gasteiger partial charge is 0.379 e. The third-order valence-electron chi connectivity index (χ3n) is 5.25. The minimum absolute atomic E-state index is 0. The molecule has 1 heterocycles. The van der Waals surface area contributed by atoms with Gasteiger partial charge in [0.25, 0.3) is 0 Å². The lowest BCUT2D eigenvalue weighted by atomic mass is 9.93. The summed E-state index contributed by atoms with van der Waals surface area (Å²) in [5.74, 6) is 1.55. The van der Waals surface area contributed by atoms with Crippen LogP contribution < -0.4 is 10.6 Å². The molecule has 8 heteroatoms. The molecule has 1 aromatic rings. The molecule has 1 aromatic carbocycles. The molecule has 0 aromatic heterocycles. The molecule has 1 saturated heterocycles. The highest BCUT2D eigenvalue weighted by Crippen LogP contribution is 2.20. The van der Waals surface area contributed by atoms with Crippen molar-refractivity contribution in [2.24, 2.45) is 10.9 Å². The van der Waals surface area contributed by atoms with Crippen LogP contribution in [0.15, 0.2) is 29.3 Å². The van der Waals surface area contributed by atoms with Crippen LogP contribution in [0.25, 0.3) is 0 Å². The van der Waals surface area contributed by atoms with Crippen molar-refractivity contribution in [3.8, 4) is 0 Å². The fourth-order valence-corrected chi connectivity index (χ4v) is 3.58. The van der Waals surface area contributed by atoms with Crippen molar-refractivity contribution in [1.29, 1.82) is 0 Å². The molecule has 0 atom stereocenters. The molecule has 0 spiro atoms. The van der Waals surface area contributed by atoms with E-state index < -0.39 is 0 Å². The van der Waals surface area contributed by atoms with Gasteiger partial charge in [-0.3, -0.25) is 4.79 Å². The zero-order valence-corrected chi connectivity index (χ0v) is 21.5. The Kier molecular flexibility index (Phi) is 14.5. The minimum Gasteiger partial charge on any atom is -0.379 e. The van der Waals surface area contributed by atoms with Crippen LogP contribution >= 0.6 is 24.0 Å². The van der Waals surface area contributed by atoms with Crippen molar-refractivity contribution < 1.29 is 14.3 Å². The van der Waals surface area contributed by atoms with E-state index in [0.717, 1.165) is 50.6 Å². The van der Waals surface area contributed by atoms with E-state index in [2.05, 4.69) is 46.7 Å². The Hall–Kier alpha value is -1.39. The summed E-state index contributed by atoms with van der Waals surface area (Å²) in [5, 5.41) is 6.14. The first kappa shape index (κ1) is 27.6. The Morgan fingerprint density at radius 1 is 1.16 bits per heavy atom. The summed E-state index contributed by atoms with van der Waals surface area (Å²) in [6.07, 6.45) is 2.66. The van der Waals surface area contributed by atoms with Gasteiger partial charge in [0.05, 0.1) is 26.4 Å². The summed E-state index contributed by atoms with van der Waals surface area (Å²) >= 11 is 0. The van der Waals surface area contributed by atoms with Gasteiger partial charge in [-0.15, -0.1) is 24.0 Å². The molecule has 1 aliphatic heterocycles. The van der Waals surface area contributed by atoms with Crippen molar-refractivity contribution in [2.75, 3.05) is 46.5 Å². The van der Waals surface area contributed by atoms with E-state index in [0.29, 0.717) is 38.7 Å². The number of aliphatic imine (C=N–C) groups is 1. The molecule has 2 N–H and O–H groups in total. The van der Waals surface area contributed by atoms with E-state index in [9.17, 15) is 4.79 Å². The lowest BCUT2D eigenvalue weighted by Gasteiger charge is -2.34. The standard InChI is InChI=1S/C23H38N4O3.HI/c1-4-25-23(27-11-9-19(10-12-27)16-22(28)24-3)26-17-20-7-6-8-21(15-20)18-30-14-13-29-5-2;/h6-8,15,19H,4-5,9-14,16-18H2,1-3H3,(H,24,28)(H,25,26);1H. The molecule has 0 radical (unpaired) electrons. The molecule has 0 unspecified atom stereocenters. The maximum absolute atomic E-state index is 11.6. The second-order valence-corrected chi connectivity index (χ2v) is 7.55. The minimum atomic E-state index is 0. The third kappa shape index (κ3) is 10.7. The van der Waals surface area contributed by atoms with Crippen LogP contribution in [0.5, 0.6) is 0 Å². The van der Waals surface area contributed by atoms with Gasteiger partial charge in [-0.05, 0) is 43.7 Å². The van der Waals surface area contributed by atoms with Gasteiger partial charge in [0, 0.05) is 39.7 Å². The third-order valence-corrected chi connectivity index (χ3v) is 5.25. The maximum Gasteiger partial charge on any atom is 0.220 e. The number of hydrogen-bond donors (Lipinski definition) is 2. The van der Waals surface area contributed by atoms with Crippen molar-refractivity contribution in [3.63, 3.8) is 0 Å². The normalized spacial score (nSPS) is 14.8. The van der Waals surface area contributed by atoms with Gasteiger partial charge in [0.15, 0.2) is 5.96 Å². The summed E-state index contributed by atoms with van der Waals surface area (Å²) in [6, 6.07) is 8.40. The fraction of sp³-hybridized carbons (Fsp3) is 0.652. The average molecular weight is 546 g/mol. The number of likely N-dealkylation sites (tertiary alicyclic amines) is 1. The number of hydrogen-bond acceptors (Lipinski definition) is 4. The Morgan fingerprint density at radius 3 is 2.55 bits per heavy atom. The van der Waals surface area contributed by atoms with E-state index in [4.69, 9.17) is 14.5 Å². The zero-order chi connectivity index (χ0) is 21.6. The van der Waals surface area contributed by atoms with Gasteiger partial charge in [-0.2, -0.15) is 0 Å². The number of ether oxygens (including phenoxy) is 2. The predicted molar refractivity (Wildman–Crippen MR) is 136 cm³/mol. The highest BCUT2D eigenvalue weighted by Gasteiger charge is 2.23. The summed E-state index contributed by atoms with van der Waals surface area (Å²) in [5.41, 5.74) is 2.32. The Morgan fingerprint density at radius 2 is 1.87 bits per heavy atom. The molecule has 0 aliphatic carbocycles. The number of halogens is 1. The predicted octanol–water partition coefficient (Wildman–Crippen LogP) is 3.17. The van der Waals surface area contributed by atoms with Crippen LogP contribution in [0.3, 0.4) is 0 Å². The molecule has 1 amide bonds. The van der Waals surface area contributed by atoms with Crippen molar-refractivity contribution in [1.82, 2.24) is 15.5 Å². The molecule has 2 rings (SSSR count).